The minimum absolute atomic E-state index is 0.0373. The number of amides is 2. The monoisotopic (exact) mass is 366 g/mol. The average molecular weight is 366 g/mol. The van der Waals surface area contributed by atoms with Crippen molar-refractivity contribution in [2.24, 2.45) is 0 Å². The Bertz CT molecular complexity index is 838. The van der Waals surface area contributed by atoms with Gasteiger partial charge in [-0.1, -0.05) is 6.08 Å². The fourth-order valence-corrected chi connectivity index (χ4v) is 3.55. The SMILES string of the molecule is C=CCC(=O)N1CCCC[C@H]1C(=O)Nc1ccc(-n2nc(C)cc2C)cc1. The standard InChI is InChI=1S/C21H26N4O2/c1-4-7-20(26)24-13-6-5-8-19(24)21(27)22-17-9-11-18(12-10-17)25-16(3)14-15(2)23-25/h4,9-12,14,19H,1,5-8,13H2,2-3H3,(H,22,27)/t19-/m0/s1. The normalized spacial score (nSPS) is 16.8. The molecule has 6 nitrogen and oxygen atoms in total. The number of hydrogen-bond donors (Lipinski definition) is 1. The summed E-state index contributed by atoms with van der Waals surface area (Å²) in [5, 5.41) is 7.42. The Balaban J connectivity index is 1.70. The molecule has 1 fully saturated rings. The van der Waals surface area contributed by atoms with E-state index in [1.807, 2.05) is 48.9 Å². The second kappa shape index (κ2) is 8.20. The van der Waals surface area contributed by atoms with Crippen LogP contribution in [0.25, 0.3) is 5.69 Å². The van der Waals surface area contributed by atoms with Gasteiger partial charge in [0.25, 0.3) is 0 Å². The lowest BCUT2D eigenvalue weighted by Crippen LogP contribution is -2.49. The van der Waals surface area contributed by atoms with E-state index >= 15 is 0 Å². The molecule has 2 amide bonds. The molecule has 3 rings (SSSR count). The van der Waals surface area contributed by atoms with E-state index in [9.17, 15) is 9.59 Å². The maximum Gasteiger partial charge on any atom is 0.247 e. The van der Waals surface area contributed by atoms with E-state index in [0.717, 1.165) is 29.9 Å². The average Bonchev–Trinajstić information content (AvgIpc) is 3.00. The van der Waals surface area contributed by atoms with Crippen molar-refractivity contribution in [3.63, 3.8) is 0 Å². The predicted molar refractivity (Wildman–Crippen MR) is 106 cm³/mol. The first-order valence-electron chi connectivity index (χ1n) is 9.34. The molecule has 1 aromatic heterocycles. The summed E-state index contributed by atoms with van der Waals surface area (Å²) in [6.07, 6.45) is 4.43. The molecule has 1 N–H and O–H groups in total. The third kappa shape index (κ3) is 4.27. The van der Waals surface area contributed by atoms with Gasteiger partial charge in [0.1, 0.15) is 6.04 Å². The first-order chi connectivity index (χ1) is 13.0. The molecule has 1 aliphatic rings. The van der Waals surface area contributed by atoms with Gasteiger partial charge in [-0.15, -0.1) is 6.58 Å². The van der Waals surface area contributed by atoms with Crippen LogP contribution in [-0.2, 0) is 9.59 Å². The van der Waals surface area contributed by atoms with E-state index in [0.29, 0.717) is 18.7 Å². The molecule has 0 radical (unpaired) electrons. The summed E-state index contributed by atoms with van der Waals surface area (Å²) in [7, 11) is 0. The molecular weight excluding hydrogens is 340 g/mol. The molecule has 0 bridgehead atoms. The molecule has 6 heteroatoms. The Morgan fingerprint density at radius 2 is 2.00 bits per heavy atom. The maximum absolute atomic E-state index is 12.8. The number of carbonyl (C=O) groups excluding carboxylic acids is 2. The number of anilines is 1. The van der Waals surface area contributed by atoms with Crippen molar-refractivity contribution >= 4 is 17.5 Å². The van der Waals surface area contributed by atoms with Gasteiger partial charge in [-0.3, -0.25) is 9.59 Å². The molecule has 2 aromatic rings. The fourth-order valence-electron chi connectivity index (χ4n) is 3.55. The van der Waals surface area contributed by atoms with E-state index in [1.165, 1.54) is 0 Å². The Morgan fingerprint density at radius 3 is 2.63 bits per heavy atom. The van der Waals surface area contributed by atoms with Gasteiger partial charge in [0.15, 0.2) is 0 Å². The molecule has 0 aliphatic carbocycles. The number of aromatic nitrogens is 2. The highest BCUT2D eigenvalue weighted by atomic mass is 16.2. The van der Waals surface area contributed by atoms with Gasteiger partial charge < -0.3 is 10.2 Å². The highest BCUT2D eigenvalue weighted by Gasteiger charge is 2.31. The Hall–Kier alpha value is -2.89. The van der Waals surface area contributed by atoms with Crippen LogP contribution in [0.1, 0.15) is 37.1 Å². The number of hydrogen-bond acceptors (Lipinski definition) is 3. The van der Waals surface area contributed by atoms with Crippen molar-refractivity contribution in [1.29, 1.82) is 0 Å². The zero-order valence-corrected chi connectivity index (χ0v) is 15.9. The van der Waals surface area contributed by atoms with E-state index in [2.05, 4.69) is 17.0 Å². The summed E-state index contributed by atoms with van der Waals surface area (Å²) in [5.74, 6) is -0.171. The van der Waals surface area contributed by atoms with E-state index < -0.39 is 6.04 Å². The maximum atomic E-state index is 12.8. The molecule has 0 saturated carbocycles. The first-order valence-corrected chi connectivity index (χ1v) is 9.34. The second-order valence-electron chi connectivity index (χ2n) is 6.97. The van der Waals surface area contributed by atoms with Crippen molar-refractivity contribution in [1.82, 2.24) is 14.7 Å². The number of likely N-dealkylation sites (tertiary alicyclic amines) is 1. The number of carbonyl (C=O) groups is 2. The third-order valence-corrected chi connectivity index (χ3v) is 4.83. The molecule has 1 atom stereocenters. The highest BCUT2D eigenvalue weighted by Crippen LogP contribution is 2.21. The molecule has 27 heavy (non-hydrogen) atoms. The zero-order chi connectivity index (χ0) is 19.4. The number of piperidine rings is 1. The largest absolute Gasteiger partial charge is 0.330 e. The predicted octanol–water partition coefficient (Wildman–Crippen LogP) is 3.38. The molecular formula is C21H26N4O2. The first kappa shape index (κ1) is 18.9. The summed E-state index contributed by atoms with van der Waals surface area (Å²) in [6, 6.07) is 9.19. The van der Waals surface area contributed by atoms with Gasteiger partial charge in [0.05, 0.1) is 11.4 Å². The Morgan fingerprint density at radius 1 is 1.26 bits per heavy atom. The van der Waals surface area contributed by atoms with Gasteiger partial charge in [-0.2, -0.15) is 5.10 Å². The van der Waals surface area contributed by atoms with Crippen LogP contribution in [0.5, 0.6) is 0 Å². The number of aryl methyl sites for hydroxylation is 2. The van der Waals surface area contributed by atoms with Gasteiger partial charge in [-0.05, 0) is 63.4 Å². The van der Waals surface area contributed by atoms with Crippen LogP contribution in [0.4, 0.5) is 5.69 Å². The summed E-state index contributed by atoms with van der Waals surface area (Å²) in [4.78, 5) is 26.7. The Labute approximate surface area is 159 Å². The number of benzene rings is 1. The molecule has 1 aliphatic heterocycles. The van der Waals surface area contributed by atoms with Crippen molar-refractivity contribution in [3.05, 3.63) is 54.4 Å². The van der Waals surface area contributed by atoms with Crippen LogP contribution < -0.4 is 5.32 Å². The topological polar surface area (TPSA) is 67.2 Å². The van der Waals surface area contributed by atoms with Crippen molar-refractivity contribution in [2.45, 2.75) is 45.6 Å². The molecule has 0 spiro atoms. The van der Waals surface area contributed by atoms with Gasteiger partial charge in [0.2, 0.25) is 11.8 Å². The van der Waals surface area contributed by atoms with Crippen LogP contribution in [0.15, 0.2) is 43.0 Å². The van der Waals surface area contributed by atoms with Crippen molar-refractivity contribution in [2.75, 3.05) is 11.9 Å². The van der Waals surface area contributed by atoms with Crippen molar-refractivity contribution < 1.29 is 9.59 Å². The lowest BCUT2D eigenvalue weighted by Gasteiger charge is -2.34. The summed E-state index contributed by atoms with van der Waals surface area (Å²) in [5.41, 5.74) is 3.68. The van der Waals surface area contributed by atoms with Crippen LogP contribution in [0, 0.1) is 13.8 Å². The van der Waals surface area contributed by atoms with Crippen LogP contribution in [0.3, 0.4) is 0 Å². The highest BCUT2D eigenvalue weighted by molar-refractivity contribution is 5.97. The quantitative estimate of drug-likeness (QED) is 0.825. The Kier molecular flexibility index (Phi) is 5.74. The minimum atomic E-state index is -0.415. The molecule has 142 valence electrons. The van der Waals surface area contributed by atoms with E-state index in [1.54, 1.807) is 11.0 Å². The van der Waals surface area contributed by atoms with Gasteiger partial charge >= 0.3 is 0 Å². The number of nitrogens with one attached hydrogen (secondary N) is 1. The number of nitrogens with zero attached hydrogens (tertiary/aromatic N) is 3. The molecule has 2 heterocycles. The molecule has 1 aromatic carbocycles. The van der Waals surface area contributed by atoms with Gasteiger partial charge in [0, 0.05) is 24.3 Å². The van der Waals surface area contributed by atoms with E-state index in [-0.39, 0.29) is 18.2 Å². The smallest absolute Gasteiger partial charge is 0.247 e. The third-order valence-electron chi connectivity index (χ3n) is 4.83. The lowest BCUT2D eigenvalue weighted by molar-refractivity contribution is -0.139. The number of rotatable bonds is 5. The molecule has 1 saturated heterocycles. The van der Waals surface area contributed by atoms with Gasteiger partial charge in [-0.25, -0.2) is 4.68 Å². The fraction of sp³-hybridized carbons (Fsp3) is 0.381. The lowest BCUT2D eigenvalue weighted by atomic mass is 10.0. The summed E-state index contributed by atoms with van der Waals surface area (Å²) in [6.45, 7) is 8.21. The van der Waals surface area contributed by atoms with E-state index in [4.69, 9.17) is 0 Å². The van der Waals surface area contributed by atoms with Crippen LogP contribution in [-0.4, -0.2) is 39.1 Å². The zero-order valence-electron chi connectivity index (χ0n) is 15.9. The van der Waals surface area contributed by atoms with Crippen LogP contribution >= 0.6 is 0 Å². The molecule has 0 unspecified atom stereocenters. The summed E-state index contributed by atoms with van der Waals surface area (Å²) >= 11 is 0. The second-order valence-corrected chi connectivity index (χ2v) is 6.97. The summed E-state index contributed by atoms with van der Waals surface area (Å²) < 4.78 is 1.87. The van der Waals surface area contributed by atoms with Crippen LogP contribution in [0.2, 0.25) is 0 Å². The minimum Gasteiger partial charge on any atom is -0.330 e. The van der Waals surface area contributed by atoms with Crippen molar-refractivity contribution in [3.8, 4) is 5.69 Å².